The largest absolute Gasteiger partial charge is 0.478 e. The maximum absolute atomic E-state index is 11.1. The fraction of sp³-hybridized carbons (Fsp3) is 0.176. The number of benzene rings is 2. The Morgan fingerprint density at radius 3 is 2.52 bits per heavy atom. The summed E-state index contributed by atoms with van der Waals surface area (Å²) in [6, 6.07) is 11.3. The molecule has 0 spiro atoms. The standard InChI is InChI=1S/C17H16N2O2/c1-10-4-6-15(11(2)8-10)19-12(3)18-14-9-13(17(20)21)5-7-16(14)19/h4-9H,1-3H3,(H,20,21). The zero-order valence-electron chi connectivity index (χ0n) is 12.2. The number of fused-ring (bicyclic) bond motifs is 1. The quantitative estimate of drug-likeness (QED) is 0.779. The summed E-state index contributed by atoms with van der Waals surface area (Å²) >= 11 is 0. The van der Waals surface area contributed by atoms with Crippen molar-refractivity contribution < 1.29 is 9.90 Å². The Balaban J connectivity index is 2.27. The summed E-state index contributed by atoms with van der Waals surface area (Å²) in [4.78, 5) is 15.6. The average Bonchev–Trinajstić information content (AvgIpc) is 2.74. The van der Waals surface area contributed by atoms with Gasteiger partial charge in [0.05, 0.1) is 22.3 Å². The van der Waals surface area contributed by atoms with E-state index >= 15 is 0 Å². The Morgan fingerprint density at radius 1 is 1.10 bits per heavy atom. The van der Waals surface area contributed by atoms with E-state index in [1.165, 1.54) is 11.1 Å². The normalized spacial score (nSPS) is 11.0. The first kappa shape index (κ1) is 13.4. The number of rotatable bonds is 2. The predicted octanol–water partition coefficient (Wildman–Crippen LogP) is 3.65. The van der Waals surface area contributed by atoms with Crippen LogP contribution in [0, 0.1) is 20.8 Å². The van der Waals surface area contributed by atoms with E-state index in [-0.39, 0.29) is 5.56 Å². The van der Waals surface area contributed by atoms with Crippen molar-refractivity contribution in [2.24, 2.45) is 0 Å². The molecule has 0 aliphatic rings. The lowest BCUT2D eigenvalue weighted by Gasteiger charge is -2.11. The summed E-state index contributed by atoms with van der Waals surface area (Å²) in [7, 11) is 0. The molecule has 0 amide bonds. The summed E-state index contributed by atoms with van der Waals surface area (Å²) in [5.41, 5.74) is 5.33. The number of aryl methyl sites for hydroxylation is 3. The molecule has 3 aromatic rings. The van der Waals surface area contributed by atoms with E-state index in [9.17, 15) is 4.79 Å². The lowest BCUT2D eigenvalue weighted by Crippen LogP contribution is -2.00. The van der Waals surface area contributed by atoms with Crippen LogP contribution in [0.4, 0.5) is 0 Å². The van der Waals surface area contributed by atoms with E-state index in [2.05, 4.69) is 41.6 Å². The molecular weight excluding hydrogens is 264 g/mol. The topological polar surface area (TPSA) is 55.1 Å². The van der Waals surface area contributed by atoms with Crippen LogP contribution in [0.5, 0.6) is 0 Å². The minimum Gasteiger partial charge on any atom is -0.478 e. The van der Waals surface area contributed by atoms with Crippen LogP contribution in [0.1, 0.15) is 27.3 Å². The summed E-state index contributed by atoms with van der Waals surface area (Å²) in [5.74, 6) is -0.0879. The third kappa shape index (κ3) is 2.18. The zero-order chi connectivity index (χ0) is 15.1. The number of carboxylic acids is 1. The van der Waals surface area contributed by atoms with Crippen molar-refractivity contribution in [1.29, 1.82) is 0 Å². The maximum atomic E-state index is 11.1. The molecule has 4 heteroatoms. The molecule has 2 aromatic carbocycles. The van der Waals surface area contributed by atoms with Gasteiger partial charge in [-0.05, 0) is 50.6 Å². The van der Waals surface area contributed by atoms with Crippen molar-refractivity contribution in [1.82, 2.24) is 9.55 Å². The average molecular weight is 280 g/mol. The number of carboxylic acid groups (broad SMARTS) is 1. The van der Waals surface area contributed by atoms with Gasteiger partial charge in [0, 0.05) is 0 Å². The number of imidazole rings is 1. The van der Waals surface area contributed by atoms with Crippen LogP contribution < -0.4 is 0 Å². The maximum Gasteiger partial charge on any atom is 0.335 e. The first-order valence-corrected chi connectivity index (χ1v) is 6.77. The summed E-state index contributed by atoms with van der Waals surface area (Å²) in [6.07, 6.45) is 0. The van der Waals surface area contributed by atoms with Crippen LogP contribution in [0.15, 0.2) is 36.4 Å². The van der Waals surface area contributed by atoms with Crippen LogP contribution in [-0.2, 0) is 0 Å². The van der Waals surface area contributed by atoms with E-state index in [0.29, 0.717) is 5.52 Å². The van der Waals surface area contributed by atoms with Crippen LogP contribution in [0.3, 0.4) is 0 Å². The van der Waals surface area contributed by atoms with Gasteiger partial charge in [0.1, 0.15) is 5.82 Å². The minimum atomic E-state index is -0.935. The molecule has 3 rings (SSSR count). The summed E-state index contributed by atoms with van der Waals surface area (Å²) < 4.78 is 2.07. The number of hydrogen-bond donors (Lipinski definition) is 1. The molecule has 1 aromatic heterocycles. The van der Waals surface area contributed by atoms with Gasteiger partial charge in [-0.2, -0.15) is 0 Å². The molecule has 0 aliphatic carbocycles. The molecule has 0 saturated carbocycles. The van der Waals surface area contributed by atoms with Crippen molar-refractivity contribution in [2.75, 3.05) is 0 Å². The third-order valence-corrected chi connectivity index (χ3v) is 3.66. The molecule has 106 valence electrons. The summed E-state index contributed by atoms with van der Waals surface area (Å²) in [5, 5.41) is 9.08. The SMILES string of the molecule is Cc1ccc(-n2c(C)nc3cc(C(=O)O)ccc32)c(C)c1. The predicted molar refractivity (Wildman–Crippen MR) is 82.2 cm³/mol. The van der Waals surface area contributed by atoms with Crippen molar-refractivity contribution in [3.8, 4) is 5.69 Å². The second-order valence-corrected chi connectivity index (χ2v) is 5.29. The molecule has 1 N–H and O–H groups in total. The van der Waals surface area contributed by atoms with Crippen LogP contribution in [-0.4, -0.2) is 20.6 Å². The molecule has 0 bridgehead atoms. The van der Waals surface area contributed by atoms with Gasteiger partial charge < -0.3 is 5.11 Å². The number of aromatic nitrogens is 2. The Kier molecular flexibility index (Phi) is 3.01. The third-order valence-electron chi connectivity index (χ3n) is 3.66. The van der Waals surface area contributed by atoms with Crippen LogP contribution in [0.2, 0.25) is 0 Å². The van der Waals surface area contributed by atoms with Gasteiger partial charge in [-0.25, -0.2) is 9.78 Å². The van der Waals surface area contributed by atoms with Gasteiger partial charge in [0.25, 0.3) is 0 Å². The first-order chi connectivity index (χ1) is 9.97. The highest BCUT2D eigenvalue weighted by Gasteiger charge is 2.13. The molecule has 0 saturated heterocycles. The fourth-order valence-electron chi connectivity index (χ4n) is 2.69. The van der Waals surface area contributed by atoms with E-state index < -0.39 is 5.97 Å². The lowest BCUT2D eigenvalue weighted by atomic mass is 10.1. The lowest BCUT2D eigenvalue weighted by molar-refractivity contribution is 0.0697. The highest BCUT2D eigenvalue weighted by Crippen LogP contribution is 2.25. The van der Waals surface area contributed by atoms with Gasteiger partial charge >= 0.3 is 5.97 Å². The zero-order valence-corrected chi connectivity index (χ0v) is 12.2. The van der Waals surface area contributed by atoms with Gasteiger partial charge in [0.2, 0.25) is 0 Å². The van der Waals surface area contributed by atoms with Crippen molar-refractivity contribution in [2.45, 2.75) is 20.8 Å². The highest BCUT2D eigenvalue weighted by atomic mass is 16.4. The van der Waals surface area contributed by atoms with Crippen LogP contribution in [0.25, 0.3) is 16.7 Å². The smallest absolute Gasteiger partial charge is 0.335 e. The molecular formula is C17H16N2O2. The van der Waals surface area contributed by atoms with E-state index in [4.69, 9.17) is 5.11 Å². The second kappa shape index (κ2) is 4.74. The van der Waals surface area contributed by atoms with E-state index in [1.54, 1.807) is 12.1 Å². The van der Waals surface area contributed by atoms with Gasteiger partial charge in [0.15, 0.2) is 0 Å². The van der Waals surface area contributed by atoms with E-state index in [1.807, 2.05) is 13.0 Å². The number of aromatic carboxylic acids is 1. The highest BCUT2D eigenvalue weighted by molar-refractivity contribution is 5.92. The number of nitrogens with zero attached hydrogens (tertiary/aromatic N) is 2. The Bertz CT molecular complexity index is 863. The first-order valence-electron chi connectivity index (χ1n) is 6.77. The Hall–Kier alpha value is -2.62. The Labute approximate surface area is 122 Å². The molecule has 0 atom stereocenters. The monoisotopic (exact) mass is 280 g/mol. The molecule has 0 unspecified atom stereocenters. The van der Waals surface area contributed by atoms with Crippen molar-refractivity contribution in [3.63, 3.8) is 0 Å². The van der Waals surface area contributed by atoms with Gasteiger partial charge in [-0.15, -0.1) is 0 Å². The second-order valence-electron chi connectivity index (χ2n) is 5.29. The molecule has 21 heavy (non-hydrogen) atoms. The molecule has 0 radical (unpaired) electrons. The van der Waals surface area contributed by atoms with Crippen molar-refractivity contribution >= 4 is 17.0 Å². The number of carbonyl (C=O) groups is 1. The molecule has 0 aliphatic heterocycles. The fourth-order valence-corrected chi connectivity index (χ4v) is 2.69. The van der Waals surface area contributed by atoms with Gasteiger partial charge in [-0.1, -0.05) is 17.7 Å². The van der Waals surface area contributed by atoms with E-state index in [0.717, 1.165) is 17.0 Å². The molecule has 4 nitrogen and oxygen atoms in total. The van der Waals surface area contributed by atoms with Gasteiger partial charge in [-0.3, -0.25) is 4.57 Å². The number of hydrogen-bond acceptors (Lipinski definition) is 2. The Morgan fingerprint density at radius 2 is 1.86 bits per heavy atom. The minimum absolute atomic E-state index is 0.257. The van der Waals surface area contributed by atoms with Crippen LogP contribution >= 0.6 is 0 Å². The van der Waals surface area contributed by atoms with Crippen molar-refractivity contribution in [3.05, 3.63) is 58.9 Å². The summed E-state index contributed by atoms with van der Waals surface area (Å²) in [6.45, 7) is 6.06. The molecule has 1 heterocycles. The molecule has 0 fully saturated rings.